The van der Waals surface area contributed by atoms with Gasteiger partial charge in [0.05, 0.1) is 37.9 Å². The number of methoxy groups -OCH3 is 1. The van der Waals surface area contributed by atoms with Crippen LogP contribution in [0.4, 0.5) is 5.69 Å². The number of benzene rings is 1. The second-order valence-electron chi connectivity index (χ2n) is 12.5. The molecule has 0 saturated carbocycles. The molecule has 43 heavy (non-hydrogen) atoms. The van der Waals surface area contributed by atoms with Gasteiger partial charge < -0.3 is 29.1 Å². The van der Waals surface area contributed by atoms with Crippen LogP contribution in [0.2, 0.25) is 0 Å². The summed E-state index contributed by atoms with van der Waals surface area (Å²) < 4.78 is 17.9. The minimum absolute atomic E-state index is 0.103. The van der Waals surface area contributed by atoms with Gasteiger partial charge >= 0.3 is 5.97 Å². The van der Waals surface area contributed by atoms with Crippen LogP contribution in [0.15, 0.2) is 49.6 Å². The van der Waals surface area contributed by atoms with E-state index >= 15 is 0 Å². The molecule has 3 heterocycles. The normalized spacial score (nSPS) is 30.5. The van der Waals surface area contributed by atoms with Crippen molar-refractivity contribution < 1.29 is 33.7 Å². The molecular formula is C34H48N2O7. The summed E-state index contributed by atoms with van der Waals surface area (Å²) in [5, 5.41) is 10.6. The molecule has 3 aliphatic rings. The number of hydrogen-bond donors (Lipinski definition) is 1. The van der Waals surface area contributed by atoms with Crippen LogP contribution in [0.1, 0.15) is 59.8 Å². The van der Waals surface area contributed by atoms with Crippen LogP contribution in [0, 0.1) is 23.7 Å². The number of fused-ring (bicyclic) bond motifs is 1. The molecule has 8 atom stereocenters. The Kier molecular flexibility index (Phi) is 10.1. The van der Waals surface area contributed by atoms with Gasteiger partial charge in [-0.25, -0.2) is 0 Å². The summed E-state index contributed by atoms with van der Waals surface area (Å²) in [4.78, 5) is 46.3. The summed E-state index contributed by atoms with van der Waals surface area (Å²) in [6.07, 6.45) is 6.95. The number of aliphatic hydroxyl groups excluding tert-OH is 1. The first-order valence-electron chi connectivity index (χ1n) is 15.5. The predicted octanol–water partition coefficient (Wildman–Crippen LogP) is 4.53. The fourth-order valence-electron chi connectivity index (χ4n) is 7.50. The van der Waals surface area contributed by atoms with Crippen molar-refractivity contribution in [2.24, 2.45) is 23.7 Å². The lowest BCUT2D eigenvalue weighted by Gasteiger charge is -2.41. The van der Waals surface area contributed by atoms with Crippen LogP contribution < -0.4 is 9.64 Å². The molecular weight excluding hydrogens is 548 g/mol. The fraction of sp³-hybridized carbons (Fsp3) is 0.618. The van der Waals surface area contributed by atoms with Gasteiger partial charge in [-0.3, -0.25) is 14.4 Å². The van der Waals surface area contributed by atoms with Crippen molar-refractivity contribution in [3.63, 3.8) is 0 Å². The standard InChI is InChI=1S/C34H48N2O7/c1-8-11-12-13-19-42-32(40)28-27-30(38)36(26(21-37)22(4)10-3)29(34(27)20-23(5)33(28,6)43-34)31(39)35(18-9-2)24-14-16-25(41-7)17-15-24/h8-9,14-17,22-23,26-29,37H,1-2,10-13,18-21H2,3-7H3/t22-,23?,26-,27-,28+,29?,33-,34?/m0/s1. The van der Waals surface area contributed by atoms with Gasteiger partial charge in [0.2, 0.25) is 5.91 Å². The Labute approximate surface area is 255 Å². The molecule has 3 aliphatic heterocycles. The van der Waals surface area contributed by atoms with E-state index in [2.05, 4.69) is 13.2 Å². The number of carbonyl (C=O) groups excluding carboxylic acids is 3. The molecule has 1 N–H and O–H groups in total. The van der Waals surface area contributed by atoms with Gasteiger partial charge in [-0.15, -0.1) is 13.2 Å². The van der Waals surface area contributed by atoms with Crippen LogP contribution in [-0.2, 0) is 23.9 Å². The van der Waals surface area contributed by atoms with Crippen molar-refractivity contribution >= 4 is 23.5 Å². The number of hydrogen-bond acceptors (Lipinski definition) is 7. The topological polar surface area (TPSA) is 106 Å². The van der Waals surface area contributed by atoms with Gasteiger partial charge in [0.1, 0.15) is 23.3 Å². The zero-order chi connectivity index (χ0) is 31.5. The van der Waals surface area contributed by atoms with E-state index in [9.17, 15) is 19.5 Å². The van der Waals surface area contributed by atoms with Gasteiger partial charge in [0.15, 0.2) is 0 Å². The van der Waals surface area contributed by atoms with E-state index < -0.39 is 41.1 Å². The lowest BCUT2D eigenvalue weighted by Crippen LogP contribution is -2.60. The molecule has 2 amide bonds. The minimum atomic E-state index is -1.25. The monoisotopic (exact) mass is 596 g/mol. The molecule has 3 fully saturated rings. The highest BCUT2D eigenvalue weighted by Crippen LogP contribution is 2.66. The SMILES string of the molecule is C=CCCCCOC(=O)[C@H]1[C@H]2C(=O)N([C@@H](CO)[C@@H](C)CC)C(C(=O)N(CC=C)c3ccc(OC)cc3)C23CC(C)[C@]1(C)O3. The molecule has 9 nitrogen and oxygen atoms in total. The molecule has 1 spiro atoms. The van der Waals surface area contributed by atoms with E-state index in [-0.39, 0.29) is 43.4 Å². The van der Waals surface area contributed by atoms with E-state index in [1.165, 1.54) is 0 Å². The highest BCUT2D eigenvalue weighted by Gasteiger charge is 2.81. The minimum Gasteiger partial charge on any atom is -0.497 e. The van der Waals surface area contributed by atoms with Crippen molar-refractivity contribution in [2.75, 3.05) is 31.8 Å². The summed E-state index contributed by atoms with van der Waals surface area (Å²) in [6.45, 7) is 15.6. The Morgan fingerprint density at radius 3 is 2.51 bits per heavy atom. The zero-order valence-corrected chi connectivity index (χ0v) is 26.3. The first-order valence-corrected chi connectivity index (χ1v) is 15.5. The lowest BCUT2D eigenvalue weighted by atomic mass is 9.62. The number of anilines is 1. The Balaban J connectivity index is 1.80. The fourth-order valence-corrected chi connectivity index (χ4v) is 7.50. The summed E-state index contributed by atoms with van der Waals surface area (Å²) in [7, 11) is 1.57. The van der Waals surface area contributed by atoms with E-state index in [1.807, 2.05) is 33.8 Å². The number of carbonyl (C=O) groups is 3. The quantitative estimate of drug-likeness (QED) is 0.180. The number of unbranched alkanes of at least 4 members (excludes halogenated alkanes) is 2. The Hall–Kier alpha value is -3.17. The number of amides is 2. The predicted molar refractivity (Wildman–Crippen MR) is 164 cm³/mol. The third kappa shape index (κ3) is 5.50. The summed E-state index contributed by atoms with van der Waals surface area (Å²) in [5.41, 5.74) is -1.61. The smallest absolute Gasteiger partial charge is 0.312 e. The molecule has 1 aromatic rings. The molecule has 236 valence electrons. The average Bonchev–Trinajstić information content (AvgIpc) is 3.52. The van der Waals surface area contributed by atoms with E-state index in [0.29, 0.717) is 30.7 Å². The van der Waals surface area contributed by atoms with E-state index in [4.69, 9.17) is 14.2 Å². The molecule has 0 radical (unpaired) electrons. The number of ether oxygens (including phenoxy) is 3. The maximum atomic E-state index is 14.8. The Bertz CT molecular complexity index is 1200. The molecule has 2 bridgehead atoms. The van der Waals surface area contributed by atoms with Crippen molar-refractivity contribution in [3.8, 4) is 5.75 Å². The Morgan fingerprint density at radius 1 is 1.23 bits per heavy atom. The number of allylic oxidation sites excluding steroid dienone is 1. The number of rotatable bonds is 15. The molecule has 1 aromatic carbocycles. The molecule has 0 aromatic heterocycles. The largest absolute Gasteiger partial charge is 0.497 e. The highest BCUT2D eigenvalue weighted by atomic mass is 16.6. The first kappa shape index (κ1) is 32.7. The number of likely N-dealkylation sites (tertiary alicyclic amines) is 1. The molecule has 3 unspecified atom stereocenters. The molecule has 3 saturated heterocycles. The average molecular weight is 597 g/mol. The third-order valence-corrected chi connectivity index (χ3v) is 10.1. The van der Waals surface area contributed by atoms with Crippen molar-refractivity contribution in [3.05, 3.63) is 49.6 Å². The second kappa shape index (κ2) is 13.2. The van der Waals surface area contributed by atoms with Gasteiger partial charge in [0, 0.05) is 12.2 Å². The van der Waals surface area contributed by atoms with E-state index in [0.717, 1.165) is 12.8 Å². The van der Waals surface area contributed by atoms with Crippen LogP contribution in [0.5, 0.6) is 5.75 Å². The van der Waals surface area contributed by atoms with Crippen molar-refractivity contribution in [1.82, 2.24) is 4.90 Å². The zero-order valence-electron chi connectivity index (χ0n) is 26.3. The van der Waals surface area contributed by atoms with Crippen molar-refractivity contribution in [1.29, 1.82) is 0 Å². The third-order valence-electron chi connectivity index (χ3n) is 10.1. The van der Waals surface area contributed by atoms with Crippen LogP contribution in [0.25, 0.3) is 0 Å². The van der Waals surface area contributed by atoms with Crippen LogP contribution in [0.3, 0.4) is 0 Å². The van der Waals surface area contributed by atoms with Gasteiger partial charge in [-0.1, -0.05) is 39.3 Å². The second-order valence-corrected chi connectivity index (χ2v) is 12.5. The van der Waals surface area contributed by atoms with Crippen LogP contribution in [-0.4, -0.2) is 77.9 Å². The number of esters is 1. The van der Waals surface area contributed by atoms with Crippen molar-refractivity contribution in [2.45, 2.75) is 83.1 Å². The summed E-state index contributed by atoms with van der Waals surface area (Å²) >= 11 is 0. The number of aliphatic hydroxyl groups is 1. The van der Waals surface area contributed by atoms with Gasteiger partial charge in [-0.05, 0) is 68.7 Å². The number of nitrogens with zero attached hydrogens (tertiary/aromatic N) is 2. The molecule has 0 aliphatic carbocycles. The molecule has 9 heteroatoms. The molecule has 4 rings (SSSR count). The Morgan fingerprint density at radius 2 is 1.93 bits per heavy atom. The highest BCUT2D eigenvalue weighted by molar-refractivity contribution is 6.05. The summed E-state index contributed by atoms with van der Waals surface area (Å²) in [5.74, 6) is -2.48. The summed E-state index contributed by atoms with van der Waals surface area (Å²) in [6, 6.07) is 5.45. The lowest BCUT2D eigenvalue weighted by molar-refractivity contribution is -0.163. The maximum Gasteiger partial charge on any atom is 0.312 e. The van der Waals surface area contributed by atoms with Gasteiger partial charge in [-0.2, -0.15) is 0 Å². The maximum absolute atomic E-state index is 14.8. The van der Waals surface area contributed by atoms with Gasteiger partial charge in [0.25, 0.3) is 5.91 Å². The van der Waals surface area contributed by atoms with Crippen LogP contribution >= 0.6 is 0 Å². The van der Waals surface area contributed by atoms with E-state index in [1.54, 1.807) is 47.3 Å². The first-order chi connectivity index (χ1) is 20.6.